The van der Waals surface area contributed by atoms with Crippen molar-refractivity contribution in [2.45, 2.75) is 6.92 Å². The zero-order valence-electron chi connectivity index (χ0n) is 9.43. The van der Waals surface area contributed by atoms with Crippen LogP contribution >= 0.6 is 28.3 Å². The molecule has 17 heavy (non-hydrogen) atoms. The number of rotatable bonds is 5. The minimum Gasteiger partial charge on any atom is -0.351 e. The highest BCUT2D eigenvalue weighted by Crippen LogP contribution is 2.17. The molecule has 3 nitrogen and oxygen atoms in total. The molecule has 0 aromatic heterocycles. The van der Waals surface area contributed by atoms with E-state index in [4.69, 9.17) is 0 Å². The van der Waals surface area contributed by atoms with E-state index in [9.17, 15) is 9.18 Å². The van der Waals surface area contributed by atoms with Gasteiger partial charge < -0.3 is 10.6 Å². The van der Waals surface area contributed by atoms with E-state index < -0.39 is 5.82 Å². The summed E-state index contributed by atoms with van der Waals surface area (Å²) in [6, 6.07) is 4.04. The molecule has 2 N–H and O–H groups in total. The Balaban J connectivity index is 0.00000256. The summed E-state index contributed by atoms with van der Waals surface area (Å²) < 4.78 is 13.5. The van der Waals surface area contributed by atoms with Crippen molar-refractivity contribution in [2.24, 2.45) is 0 Å². The van der Waals surface area contributed by atoms with Gasteiger partial charge in [-0.05, 0) is 40.7 Å². The molecule has 0 heterocycles. The molecule has 0 bridgehead atoms. The van der Waals surface area contributed by atoms with Crippen LogP contribution in [-0.4, -0.2) is 25.5 Å². The lowest BCUT2D eigenvalue weighted by Crippen LogP contribution is -2.31. The summed E-state index contributed by atoms with van der Waals surface area (Å²) in [4.78, 5) is 11.6. The predicted octanol–water partition coefficient (Wildman–Crippen LogP) is 2.35. The third-order valence-corrected chi connectivity index (χ3v) is 2.70. The van der Waals surface area contributed by atoms with Gasteiger partial charge in [-0.1, -0.05) is 6.92 Å². The fourth-order valence-electron chi connectivity index (χ4n) is 1.21. The van der Waals surface area contributed by atoms with Crippen LogP contribution in [0.1, 0.15) is 17.3 Å². The van der Waals surface area contributed by atoms with E-state index in [1.807, 2.05) is 6.92 Å². The Labute approximate surface area is 115 Å². The van der Waals surface area contributed by atoms with Crippen molar-refractivity contribution in [3.05, 3.63) is 34.1 Å². The van der Waals surface area contributed by atoms with Crippen LogP contribution in [0, 0.1) is 5.82 Å². The van der Waals surface area contributed by atoms with Crippen LogP contribution < -0.4 is 10.6 Å². The number of halogens is 3. The number of amides is 1. The topological polar surface area (TPSA) is 41.1 Å². The normalized spacial score (nSPS) is 9.59. The Morgan fingerprint density at radius 3 is 2.76 bits per heavy atom. The molecular formula is C11H15BrClFN2O. The number of carbonyl (C=O) groups is 1. The molecule has 1 aromatic carbocycles. The van der Waals surface area contributed by atoms with Crippen molar-refractivity contribution in [3.63, 3.8) is 0 Å². The van der Waals surface area contributed by atoms with Gasteiger partial charge in [0.1, 0.15) is 5.82 Å². The number of hydrogen-bond donors (Lipinski definition) is 2. The molecule has 0 radical (unpaired) electrons. The molecule has 0 atom stereocenters. The van der Waals surface area contributed by atoms with Gasteiger partial charge in [0.25, 0.3) is 5.91 Å². The Hall–Kier alpha value is -0.650. The van der Waals surface area contributed by atoms with Gasteiger partial charge >= 0.3 is 0 Å². The molecular weight excluding hydrogens is 310 g/mol. The maximum atomic E-state index is 12.9. The average Bonchev–Trinajstić information content (AvgIpc) is 2.27. The molecule has 1 rings (SSSR count). The highest BCUT2D eigenvalue weighted by molar-refractivity contribution is 9.10. The number of hydrogen-bond acceptors (Lipinski definition) is 2. The highest BCUT2D eigenvalue weighted by Gasteiger charge is 2.10. The second-order valence-corrected chi connectivity index (χ2v) is 4.09. The zero-order valence-corrected chi connectivity index (χ0v) is 11.8. The summed E-state index contributed by atoms with van der Waals surface area (Å²) in [6.45, 7) is 4.08. The lowest BCUT2D eigenvalue weighted by molar-refractivity contribution is 0.0952. The van der Waals surface area contributed by atoms with Crippen LogP contribution in [0.2, 0.25) is 0 Å². The second-order valence-electron chi connectivity index (χ2n) is 3.23. The number of carbonyl (C=O) groups excluding carboxylic acids is 1. The summed E-state index contributed by atoms with van der Waals surface area (Å²) in [5.74, 6) is -0.690. The van der Waals surface area contributed by atoms with Gasteiger partial charge in [0.2, 0.25) is 0 Å². The number of benzene rings is 1. The van der Waals surface area contributed by atoms with Crippen molar-refractivity contribution in [3.8, 4) is 0 Å². The first-order chi connectivity index (χ1) is 7.65. The summed E-state index contributed by atoms with van der Waals surface area (Å²) in [5, 5.41) is 5.78. The highest BCUT2D eigenvalue weighted by atomic mass is 79.9. The van der Waals surface area contributed by atoms with Gasteiger partial charge in [0.15, 0.2) is 0 Å². The lowest BCUT2D eigenvalue weighted by atomic mass is 10.2. The molecule has 0 saturated carbocycles. The molecule has 0 fully saturated rings. The third-order valence-electron chi connectivity index (χ3n) is 2.01. The molecule has 1 aromatic rings. The zero-order chi connectivity index (χ0) is 12.0. The molecule has 0 aliphatic carbocycles. The molecule has 0 saturated heterocycles. The fraction of sp³-hybridized carbons (Fsp3) is 0.364. The van der Waals surface area contributed by atoms with E-state index in [2.05, 4.69) is 26.6 Å². The summed E-state index contributed by atoms with van der Waals surface area (Å²) >= 11 is 3.21. The predicted molar refractivity (Wildman–Crippen MR) is 72.2 cm³/mol. The SMILES string of the molecule is CCNCCNC(=O)c1cc(F)ccc1Br.Cl. The Morgan fingerprint density at radius 2 is 2.12 bits per heavy atom. The Morgan fingerprint density at radius 1 is 1.41 bits per heavy atom. The van der Waals surface area contributed by atoms with Crippen LogP contribution in [-0.2, 0) is 0 Å². The molecule has 0 spiro atoms. The van der Waals surface area contributed by atoms with Gasteiger partial charge in [-0.3, -0.25) is 4.79 Å². The minimum absolute atomic E-state index is 0. The molecule has 96 valence electrons. The average molecular weight is 326 g/mol. The van der Waals surface area contributed by atoms with Crippen LogP contribution in [0.25, 0.3) is 0 Å². The second kappa shape index (κ2) is 8.44. The molecule has 0 aliphatic heterocycles. The van der Waals surface area contributed by atoms with E-state index >= 15 is 0 Å². The minimum atomic E-state index is -0.417. The van der Waals surface area contributed by atoms with E-state index in [-0.39, 0.29) is 18.3 Å². The van der Waals surface area contributed by atoms with E-state index in [0.717, 1.165) is 6.54 Å². The van der Waals surface area contributed by atoms with Gasteiger partial charge in [-0.15, -0.1) is 12.4 Å². The summed E-state index contributed by atoms with van der Waals surface area (Å²) in [5.41, 5.74) is 0.316. The molecule has 1 amide bonds. The Kier molecular flexibility index (Phi) is 8.12. The van der Waals surface area contributed by atoms with Gasteiger partial charge in [0, 0.05) is 17.6 Å². The van der Waals surface area contributed by atoms with Crippen LogP contribution in [0.5, 0.6) is 0 Å². The quantitative estimate of drug-likeness (QED) is 0.816. The largest absolute Gasteiger partial charge is 0.351 e. The van der Waals surface area contributed by atoms with Gasteiger partial charge in [-0.25, -0.2) is 4.39 Å². The fourth-order valence-corrected chi connectivity index (χ4v) is 1.63. The van der Waals surface area contributed by atoms with Crippen molar-refractivity contribution in [1.82, 2.24) is 10.6 Å². The smallest absolute Gasteiger partial charge is 0.252 e. The van der Waals surface area contributed by atoms with Crippen LogP contribution in [0.3, 0.4) is 0 Å². The van der Waals surface area contributed by atoms with Crippen LogP contribution in [0.4, 0.5) is 4.39 Å². The monoisotopic (exact) mass is 324 g/mol. The third kappa shape index (κ3) is 5.48. The lowest BCUT2D eigenvalue weighted by Gasteiger charge is -2.07. The first kappa shape index (κ1) is 16.4. The van der Waals surface area contributed by atoms with E-state index in [1.165, 1.54) is 18.2 Å². The summed E-state index contributed by atoms with van der Waals surface area (Å²) in [6.07, 6.45) is 0. The van der Waals surface area contributed by atoms with Crippen molar-refractivity contribution < 1.29 is 9.18 Å². The molecule has 0 aliphatic rings. The van der Waals surface area contributed by atoms with Gasteiger partial charge in [0.05, 0.1) is 5.56 Å². The van der Waals surface area contributed by atoms with Crippen molar-refractivity contribution >= 4 is 34.2 Å². The maximum absolute atomic E-state index is 12.9. The van der Waals surface area contributed by atoms with Gasteiger partial charge in [-0.2, -0.15) is 0 Å². The van der Waals surface area contributed by atoms with Crippen LogP contribution in [0.15, 0.2) is 22.7 Å². The van der Waals surface area contributed by atoms with Crippen molar-refractivity contribution in [1.29, 1.82) is 0 Å². The van der Waals surface area contributed by atoms with Crippen molar-refractivity contribution in [2.75, 3.05) is 19.6 Å². The first-order valence-electron chi connectivity index (χ1n) is 5.09. The Bertz CT molecular complexity index is 376. The molecule has 0 unspecified atom stereocenters. The number of likely N-dealkylation sites (N-methyl/N-ethyl adjacent to an activating group) is 1. The van der Waals surface area contributed by atoms with E-state index in [1.54, 1.807) is 0 Å². The standard InChI is InChI=1S/C11H14BrFN2O.ClH/c1-2-14-5-6-15-11(16)9-7-8(13)3-4-10(9)12;/h3-4,7,14H,2,5-6H2,1H3,(H,15,16);1H. The summed E-state index contributed by atoms with van der Waals surface area (Å²) in [7, 11) is 0. The van der Waals surface area contributed by atoms with E-state index in [0.29, 0.717) is 23.1 Å². The molecule has 6 heteroatoms. The maximum Gasteiger partial charge on any atom is 0.252 e. The first-order valence-corrected chi connectivity index (χ1v) is 5.88. The number of nitrogens with one attached hydrogen (secondary N) is 2.